The fourth-order valence-corrected chi connectivity index (χ4v) is 4.19. The van der Waals surface area contributed by atoms with Crippen LogP contribution in [0.1, 0.15) is 15.9 Å². The molecule has 2 heterocycles. The average Bonchev–Trinajstić information content (AvgIpc) is 3.05. The quantitative estimate of drug-likeness (QED) is 0.742. The highest BCUT2D eigenvalue weighted by Gasteiger charge is 2.68. The zero-order chi connectivity index (χ0) is 18.4. The number of hydrogen-bond acceptors (Lipinski definition) is 4. The number of carbonyl (C=O) groups is 2. The van der Waals surface area contributed by atoms with Crippen molar-refractivity contribution in [3.63, 3.8) is 0 Å². The van der Waals surface area contributed by atoms with E-state index in [-0.39, 0.29) is 22.5 Å². The number of alkyl halides is 4. The van der Waals surface area contributed by atoms with Gasteiger partial charge in [0.15, 0.2) is 5.17 Å². The third kappa shape index (κ3) is 3.05. The molecule has 2 aliphatic heterocycles. The summed E-state index contributed by atoms with van der Waals surface area (Å²) in [5.41, 5.74) is -2.38. The summed E-state index contributed by atoms with van der Waals surface area (Å²) in [4.78, 5) is 29.3. The predicted molar refractivity (Wildman–Crippen MR) is 91.8 cm³/mol. The molecule has 0 radical (unpaired) electrons. The summed E-state index contributed by atoms with van der Waals surface area (Å²) in [6.45, 7) is 1.91. The topological polar surface area (TPSA) is 61.8 Å². The Labute approximate surface area is 154 Å². The van der Waals surface area contributed by atoms with Crippen molar-refractivity contribution < 1.29 is 22.8 Å². The van der Waals surface area contributed by atoms with Gasteiger partial charge in [-0.15, -0.1) is 0 Å². The van der Waals surface area contributed by atoms with E-state index in [9.17, 15) is 22.8 Å². The highest BCUT2D eigenvalue weighted by atomic mass is 79.9. The molecule has 1 aromatic rings. The second-order valence-corrected chi connectivity index (χ2v) is 7.65. The molecule has 1 fully saturated rings. The van der Waals surface area contributed by atoms with E-state index >= 15 is 0 Å². The molecule has 2 amide bonds. The van der Waals surface area contributed by atoms with Gasteiger partial charge in [0.2, 0.25) is 0 Å². The number of halogens is 4. The largest absolute Gasteiger partial charge is 0.442 e. The SMILES string of the molecule is Cc1ccc(C(=O)N[C@@]2(C(F)(F)F)N=C3S[C@@H](CBr)CN3C2=O)cc1. The summed E-state index contributed by atoms with van der Waals surface area (Å²) in [5.74, 6) is -2.27. The third-order valence-corrected chi connectivity index (χ3v) is 6.28. The van der Waals surface area contributed by atoms with Crippen molar-refractivity contribution in [2.45, 2.75) is 24.0 Å². The monoisotopic (exact) mass is 435 g/mol. The maximum atomic E-state index is 13.7. The lowest BCUT2D eigenvalue weighted by Crippen LogP contribution is -2.63. The Morgan fingerprint density at radius 3 is 2.60 bits per heavy atom. The van der Waals surface area contributed by atoms with Crippen LogP contribution in [0.3, 0.4) is 0 Å². The molecule has 0 unspecified atom stereocenters. The van der Waals surface area contributed by atoms with Gasteiger partial charge in [-0.25, -0.2) is 4.99 Å². The number of nitrogens with one attached hydrogen (secondary N) is 1. The third-order valence-electron chi connectivity index (χ3n) is 3.90. The van der Waals surface area contributed by atoms with Gasteiger partial charge < -0.3 is 5.32 Å². The van der Waals surface area contributed by atoms with Crippen molar-refractivity contribution in [2.24, 2.45) is 4.99 Å². The standard InChI is InChI=1S/C15H13BrF3N3O2S/c1-8-2-4-9(5-3-8)11(23)20-14(15(17,18)19)12(24)22-7-10(6-16)25-13(22)21-14/h2-5,10H,6-7H2,1H3,(H,20,23)/t10-,14+/m0/s1. The van der Waals surface area contributed by atoms with Crippen LogP contribution >= 0.6 is 27.7 Å². The van der Waals surface area contributed by atoms with Gasteiger partial charge in [-0.05, 0) is 19.1 Å². The van der Waals surface area contributed by atoms with Gasteiger partial charge in [0.25, 0.3) is 11.8 Å². The lowest BCUT2D eigenvalue weighted by molar-refractivity contribution is -0.196. The molecule has 134 valence electrons. The van der Waals surface area contributed by atoms with E-state index in [0.29, 0.717) is 5.33 Å². The molecule has 1 saturated heterocycles. The smallest absolute Gasteiger partial charge is 0.312 e. The number of amides is 2. The van der Waals surface area contributed by atoms with Crippen LogP contribution in [0.2, 0.25) is 0 Å². The molecular weight excluding hydrogens is 423 g/mol. The maximum absolute atomic E-state index is 13.7. The fourth-order valence-electron chi connectivity index (χ4n) is 2.53. The summed E-state index contributed by atoms with van der Waals surface area (Å²) in [5, 5.41) is 2.25. The summed E-state index contributed by atoms with van der Waals surface area (Å²) in [7, 11) is 0. The Hall–Kier alpha value is -1.55. The predicted octanol–water partition coefficient (Wildman–Crippen LogP) is 2.69. The molecule has 0 aliphatic carbocycles. The van der Waals surface area contributed by atoms with Crippen molar-refractivity contribution in [3.05, 3.63) is 35.4 Å². The Bertz CT molecular complexity index is 753. The van der Waals surface area contributed by atoms with Crippen LogP contribution in [0, 0.1) is 6.92 Å². The first kappa shape index (κ1) is 18.2. The lowest BCUT2D eigenvalue weighted by Gasteiger charge is -2.29. The normalized spacial score (nSPS) is 25.8. The van der Waals surface area contributed by atoms with Crippen LogP contribution in [0.5, 0.6) is 0 Å². The number of amidine groups is 1. The zero-order valence-electron chi connectivity index (χ0n) is 12.9. The van der Waals surface area contributed by atoms with E-state index in [1.165, 1.54) is 12.1 Å². The van der Waals surface area contributed by atoms with Crippen molar-refractivity contribution >= 4 is 44.7 Å². The second kappa shape index (κ2) is 6.31. The van der Waals surface area contributed by atoms with Crippen LogP contribution < -0.4 is 5.32 Å². The van der Waals surface area contributed by atoms with Gasteiger partial charge in [-0.1, -0.05) is 45.4 Å². The van der Waals surface area contributed by atoms with Crippen molar-refractivity contribution in [1.29, 1.82) is 0 Å². The highest BCUT2D eigenvalue weighted by Crippen LogP contribution is 2.42. The Morgan fingerprint density at radius 1 is 1.44 bits per heavy atom. The van der Waals surface area contributed by atoms with Gasteiger partial charge in [-0.2, -0.15) is 13.2 Å². The minimum absolute atomic E-state index is 0.0176. The molecule has 0 spiro atoms. The van der Waals surface area contributed by atoms with Crippen molar-refractivity contribution in [2.75, 3.05) is 11.9 Å². The van der Waals surface area contributed by atoms with E-state index in [4.69, 9.17) is 0 Å². The van der Waals surface area contributed by atoms with Crippen LogP contribution in [0.4, 0.5) is 13.2 Å². The van der Waals surface area contributed by atoms with Gasteiger partial charge in [-0.3, -0.25) is 14.5 Å². The van der Waals surface area contributed by atoms with Gasteiger partial charge >= 0.3 is 11.8 Å². The number of hydrogen-bond donors (Lipinski definition) is 1. The van der Waals surface area contributed by atoms with Crippen LogP contribution in [0.25, 0.3) is 0 Å². The maximum Gasteiger partial charge on any atom is 0.442 e. The van der Waals surface area contributed by atoms with E-state index in [2.05, 4.69) is 20.9 Å². The lowest BCUT2D eigenvalue weighted by atomic mass is 10.1. The van der Waals surface area contributed by atoms with E-state index < -0.39 is 23.7 Å². The molecule has 2 aliphatic rings. The molecule has 3 rings (SSSR count). The summed E-state index contributed by atoms with van der Waals surface area (Å²) in [6.07, 6.45) is -5.05. The number of carbonyl (C=O) groups excluding carboxylic acids is 2. The number of aryl methyl sites for hydroxylation is 1. The summed E-state index contributed by atoms with van der Waals surface area (Å²) < 4.78 is 41.1. The molecule has 5 nitrogen and oxygen atoms in total. The fraction of sp³-hybridized carbons (Fsp3) is 0.400. The highest BCUT2D eigenvalue weighted by molar-refractivity contribution is 9.09. The summed E-state index contributed by atoms with van der Waals surface area (Å²) in [6, 6.07) is 6.01. The second-order valence-electron chi connectivity index (χ2n) is 5.73. The molecule has 1 aromatic carbocycles. The molecule has 0 saturated carbocycles. The number of nitrogens with zero attached hydrogens (tertiary/aromatic N) is 2. The van der Waals surface area contributed by atoms with Gasteiger partial charge in [0.05, 0.1) is 0 Å². The van der Waals surface area contributed by atoms with Crippen LogP contribution in [-0.4, -0.2) is 50.8 Å². The van der Waals surface area contributed by atoms with E-state index in [1.54, 1.807) is 19.1 Å². The molecule has 2 atom stereocenters. The Balaban J connectivity index is 1.94. The van der Waals surface area contributed by atoms with Gasteiger partial charge in [0, 0.05) is 22.7 Å². The first-order chi connectivity index (χ1) is 11.7. The number of fused-ring (bicyclic) bond motifs is 1. The number of benzene rings is 1. The molecule has 0 aromatic heterocycles. The minimum atomic E-state index is -5.05. The number of thioether (sulfide) groups is 1. The molecule has 0 bridgehead atoms. The van der Waals surface area contributed by atoms with Crippen LogP contribution in [-0.2, 0) is 4.79 Å². The van der Waals surface area contributed by atoms with Crippen LogP contribution in [0.15, 0.2) is 29.3 Å². The average molecular weight is 436 g/mol. The van der Waals surface area contributed by atoms with E-state index in [0.717, 1.165) is 22.2 Å². The number of rotatable bonds is 3. The Kier molecular flexibility index (Phi) is 4.61. The zero-order valence-corrected chi connectivity index (χ0v) is 15.3. The van der Waals surface area contributed by atoms with E-state index in [1.807, 2.05) is 5.32 Å². The Morgan fingerprint density at radius 2 is 2.08 bits per heavy atom. The molecular formula is C15H13BrF3N3O2S. The summed E-state index contributed by atoms with van der Waals surface area (Å²) >= 11 is 4.33. The first-order valence-corrected chi connectivity index (χ1v) is 9.28. The first-order valence-electron chi connectivity index (χ1n) is 7.28. The van der Waals surface area contributed by atoms with Gasteiger partial charge in [0.1, 0.15) is 0 Å². The number of aliphatic imine (C=N–C) groups is 1. The molecule has 25 heavy (non-hydrogen) atoms. The molecule has 1 N–H and O–H groups in total. The minimum Gasteiger partial charge on any atom is -0.312 e. The molecule has 10 heteroatoms. The van der Waals surface area contributed by atoms with Crippen molar-refractivity contribution in [3.8, 4) is 0 Å². The van der Waals surface area contributed by atoms with Crippen molar-refractivity contribution in [1.82, 2.24) is 10.2 Å².